The first kappa shape index (κ1) is 56.2. The van der Waals surface area contributed by atoms with Crippen LogP contribution < -0.4 is 26.0 Å². The summed E-state index contributed by atoms with van der Waals surface area (Å²) in [5.41, 5.74) is 11.7. The minimum Gasteiger partial charge on any atom is -0.0358 e. The van der Waals surface area contributed by atoms with Crippen LogP contribution in [0.4, 0.5) is 22.7 Å². The van der Waals surface area contributed by atoms with E-state index >= 15 is 0 Å². The second-order valence-corrected chi connectivity index (χ2v) is 24.0. The predicted octanol–water partition coefficient (Wildman–Crippen LogP) is 15.0. The van der Waals surface area contributed by atoms with Gasteiger partial charge in [0.05, 0.1) is 17.1 Å². The van der Waals surface area contributed by atoms with E-state index in [1.54, 1.807) is 0 Å². The molecule has 13 nitrogen and oxygen atoms in total. The van der Waals surface area contributed by atoms with E-state index in [2.05, 4.69) is 47.2 Å². The number of rotatable bonds is 12. The van der Waals surface area contributed by atoms with Crippen LogP contribution in [0.3, 0.4) is 0 Å². The van der Waals surface area contributed by atoms with Gasteiger partial charge < -0.3 is 20.9 Å². The Hall–Kier alpha value is -9.10. The fraction of sp³-hybridized carbons (Fsp3) is 0.206. The van der Waals surface area contributed by atoms with Crippen molar-refractivity contribution in [2.24, 2.45) is 16.2 Å². The molecule has 0 unspecified atom stereocenters. The summed E-state index contributed by atoms with van der Waals surface area (Å²) in [5.74, 6) is -0.221. The Morgan fingerprint density at radius 3 is 1.02 bits per heavy atom. The van der Waals surface area contributed by atoms with Crippen LogP contribution in [0.5, 0.6) is 5.75 Å². The number of benzene rings is 5. The number of fused-ring (bicyclic) bond motifs is 8. The number of carbonyl (C=O) groups is 4. The zero-order valence-corrected chi connectivity index (χ0v) is 49.1. The quantitative estimate of drug-likeness (QED) is 0.0658. The van der Waals surface area contributed by atoms with E-state index in [4.69, 9.17) is 14.7 Å². The smallest absolute Gasteiger partial charge is 0.0358 e. The number of amides is 4. The van der Waals surface area contributed by atoms with E-state index in [-0.39, 0.29) is 30.2 Å². The number of hydrogen-bond donors (Lipinski definition) is 6. The molecule has 413 valence electrons. The Morgan fingerprint density at radius 1 is 0.415 bits per heavy atom. The van der Waals surface area contributed by atoms with Gasteiger partial charge in [-0.2, -0.15) is 0 Å². The number of nitrogens with zero attached hydrogens (tertiary/aromatic N) is 2. The Bertz CT molecular complexity index is 4020. The number of aromatic amines is 2. The fourth-order valence-corrected chi connectivity index (χ4v) is 10.1. The first-order valence-corrected chi connectivity index (χ1v) is 28.4. The third kappa shape index (κ3) is 11.9. The Labute approximate surface area is 486 Å². The van der Waals surface area contributed by atoms with Crippen molar-refractivity contribution in [1.29, 1.82) is 0 Å². The maximum atomic E-state index is 14.0. The van der Waals surface area contributed by atoms with E-state index in [0.29, 0.717) is 118 Å². The molecule has 10 rings (SSSR count). The average Bonchev–Trinajstić information content (AvgIpc) is 3.88. The summed E-state index contributed by atoms with van der Waals surface area (Å²) in [6.07, 6.45) is 7.86. The van der Waals surface area contributed by atoms with Crippen molar-refractivity contribution >= 4 is 109 Å². The van der Waals surface area contributed by atoms with Crippen LogP contribution in [-0.4, -0.2) is 66.2 Å². The molecule has 82 heavy (non-hydrogen) atoms. The van der Waals surface area contributed by atoms with Gasteiger partial charge in [0.1, 0.15) is 0 Å². The third-order valence-electron chi connectivity index (χ3n) is 14.1. The van der Waals surface area contributed by atoms with Crippen LogP contribution in [-0.2, 0) is 24.5 Å². The molecular formula is C68H65N8O5Se. The van der Waals surface area contributed by atoms with Gasteiger partial charge in [-0.1, -0.05) is 117 Å². The Kier molecular flexibility index (Phi) is 15.6. The van der Waals surface area contributed by atoms with Gasteiger partial charge in [-0.05, 0) is 54.6 Å². The molecule has 5 aromatic carbocycles. The molecule has 8 bridgehead atoms. The number of anilines is 4. The van der Waals surface area contributed by atoms with Crippen molar-refractivity contribution in [3.8, 4) is 50.3 Å². The van der Waals surface area contributed by atoms with Gasteiger partial charge in [0, 0.05) is 83.2 Å². The second-order valence-electron chi connectivity index (χ2n) is 23.4. The molecule has 8 aromatic rings. The predicted molar refractivity (Wildman–Crippen MR) is 335 cm³/mol. The van der Waals surface area contributed by atoms with Gasteiger partial charge in [-0.25, -0.2) is 4.98 Å². The summed E-state index contributed by atoms with van der Waals surface area (Å²) in [7, 11) is 0. The van der Waals surface area contributed by atoms with Crippen LogP contribution in [0, 0.1) is 16.2 Å². The molecule has 6 N–H and O–H groups in total. The minimum atomic E-state index is -0.708. The van der Waals surface area contributed by atoms with Gasteiger partial charge >= 0.3 is 159 Å². The van der Waals surface area contributed by atoms with Crippen molar-refractivity contribution in [3.05, 3.63) is 174 Å². The number of hydrogen-bond acceptors (Lipinski definition) is 7. The van der Waals surface area contributed by atoms with E-state index < -0.39 is 16.2 Å². The van der Waals surface area contributed by atoms with Gasteiger partial charge in [-0.3, -0.25) is 14.4 Å². The van der Waals surface area contributed by atoms with Crippen molar-refractivity contribution in [2.75, 3.05) is 27.9 Å². The summed E-state index contributed by atoms with van der Waals surface area (Å²) in [4.78, 5) is 74.2. The van der Waals surface area contributed by atoms with Gasteiger partial charge in [-0.15, -0.1) is 0 Å². The van der Waals surface area contributed by atoms with Gasteiger partial charge in [0.25, 0.3) is 0 Å². The fourth-order valence-electron chi connectivity index (χ4n) is 9.60. The zero-order valence-electron chi connectivity index (χ0n) is 47.4. The molecule has 14 heteroatoms. The Morgan fingerprint density at radius 2 is 0.707 bits per heavy atom. The van der Waals surface area contributed by atoms with Crippen LogP contribution in [0.1, 0.15) is 90.7 Å². The molecule has 1 radical (unpaired) electrons. The van der Waals surface area contributed by atoms with Crippen LogP contribution in [0.2, 0.25) is 0 Å². The van der Waals surface area contributed by atoms with E-state index in [1.165, 1.54) is 0 Å². The van der Waals surface area contributed by atoms with E-state index in [9.17, 15) is 19.2 Å². The summed E-state index contributed by atoms with van der Waals surface area (Å²) in [5, 5.41) is 13.4. The standard InChI is InChI=1S/C68H65N8O5Se/c1-66(2,3)63(78)74-46-26-16-12-22-42(46)60-51-32-30-49(69-51)59(41-21-11-15-25-45(41)73-58(77)38-81-57-29-19-10-20-40(57)39-82)50-31-33-52(70-50)61(43-23-13-17-27-47(43)75-64(79)67(4,5)6)54-35-37-56(72-54)62(55-36-34-53(60)71-55)44-24-14-18-28-48(44)76-65(80)68(7,8)9/h10-37,69,72H,38-39H2,1-9H3,(H,73,77)(H,74,78)(H,75,79)(H,76,80). The minimum absolute atomic E-state index is 0.158. The molecule has 3 aromatic heterocycles. The number of carbonyl (C=O) groups excluding carboxylic acids is 4. The van der Waals surface area contributed by atoms with Crippen molar-refractivity contribution in [2.45, 2.75) is 67.6 Å². The van der Waals surface area contributed by atoms with Crippen LogP contribution >= 0.6 is 0 Å². The molecule has 0 spiro atoms. The first-order chi connectivity index (χ1) is 39.2. The zero-order chi connectivity index (χ0) is 58.1. The normalized spacial score (nSPS) is 12.2. The molecule has 4 amide bonds. The molecule has 0 atom stereocenters. The molecule has 0 fully saturated rings. The third-order valence-corrected chi connectivity index (χ3v) is 14.7. The van der Waals surface area contributed by atoms with Crippen LogP contribution in [0.15, 0.2) is 146 Å². The number of nitrogens with one attached hydrogen (secondary N) is 6. The first-order valence-electron chi connectivity index (χ1n) is 27.2. The number of H-pyrrole nitrogens is 2. The van der Waals surface area contributed by atoms with E-state index in [0.717, 1.165) is 11.1 Å². The SMILES string of the molecule is CC(C)(C)C(=O)Nc1ccccc1-c1c2nc(c(-c3ccccc3NC(=O)C(C)(C)C)c3ccc([nH]3)c(-c3ccccc3NC(=O)C(C)(C)C)c3nc(c(-c4ccccc4NC(=O)COc4ccccc4C[Se])c4ccc1[nH]4)C=C3)C=C2. The molecule has 0 saturated heterocycles. The Balaban J connectivity index is 1.31. The summed E-state index contributed by atoms with van der Waals surface area (Å²) < 4.78 is 6.08. The second kappa shape index (κ2) is 22.8. The van der Waals surface area contributed by atoms with Crippen LogP contribution in [0.25, 0.3) is 90.9 Å². The van der Waals surface area contributed by atoms with Gasteiger partial charge in [0.15, 0.2) is 0 Å². The average molecular weight is 1150 g/mol. The van der Waals surface area contributed by atoms with Crippen molar-refractivity contribution < 1.29 is 23.9 Å². The number of aromatic nitrogens is 4. The van der Waals surface area contributed by atoms with Crippen molar-refractivity contribution in [1.82, 2.24) is 19.9 Å². The van der Waals surface area contributed by atoms with Crippen molar-refractivity contribution in [3.63, 3.8) is 0 Å². The number of para-hydroxylation sites is 5. The molecular weight excluding hydrogens is 1090 g/mol. The molecule has 0 saturated carbocycles. The maximum absolute atomic E-state index is 14.0. The topological polar surface area (TPSA) is 183 Å². The molecule has 2 aliphatic rings. The molecule has 0 aliphatic carbocycles. The molecule has 5 heterocycles. The number of ether oxygens (including phenoxy) is 1. The summed E-state index contributed by atoms with van der Waals surface area (Å²) in [6.45, 7) is 16.6. The van der Waals surface area contributed by atoms with E-state index in [1.807, 2.05) is 232 Å². The van der Waals surface area contributed by atoms with Gasteiger partial charge in [0.2, 0.25) is 17.7 Å². The summed E-state index contributed by atoms with van der Waals surface area (Å²) in [6, 6.07) is 46.3. The summed E-state index contributed by atoms with van der Waals surface area (Å²) >= 11 is 3.04. The monoisotopic (exact) mass is 1150 g/mol. The molecule has 2 aliphatic heterocycles.